The van der Waals surface area contributed by atoms with Crippen LogP contribution in [0.3, 0.4) is 0 Å². The van der Waals surface area contributed by atoms with E-state index in [4.69, 9.17) is 0 Å². The minimum Gasteiger partial charge on any atom is -0.367 e. The van der Waals surface area contributed by atoms with Gasteiger partial charge in [-0.25, -0.2) is 0 Å². The highest BCUT2D eigenvalue weighted by Gasteiger charge is 2.21. The molecule has 5 heteroatoms. The summed E-state index contributed by atoms with van der Waals surface area (Å²) in [5.41, 5.74) is 5.77. The molecule has 0 radical (unpaired) electrons. The third-order valence-electron chi connectivity index (χ3n) is 5.49. The van der Waals surface area contributed by atoms with Crippen LogP contribution in [0.15, 0.2) is 67.0 Å². The summed E-state index contributed by atoms with van der Waals surface area (Å²) in [4.78, 5) is 7.86. The highest BCUT2D eigenvalue weighted by Crippen LogP contribution is 2.31. The number of aromatic nitrogens is 3. The smallest absolute Gasteiger partial charge is 0.0927 e. The molecule has 0 fully saturated rings. The molecule has 5 nitrogen and oxygen atoms in total. The van der Waals surface area contributed by atoms with E-state index in [1.54, 1.807) is 0 Å². The van der Waals surface area contributed by atoms with Gasteiger partial charge >= 0.3 is 0 Å². The number of nitrogens with one attached hydrogen (secondary N) is 2. The summed E-state index contributed by atoms with van der Waals surface area (Å²) in [6, 6.07) is 19.2. The van der Waals surface area contributed by atoms with Gasteiger partial charge in [-0.1, -0.05) is 48.5 Å². The Bertz CT molecular complexity index is 1110. The number of hydrogen-bond acceptors (Lipinski definition) is 3. The molecule has 4 rings (SSSR count). The van der Waals surface area contributed by atoms with Crippen molar-refractivity contribution in [3.8, 4) is 0 Å². The van der Waals surface area contributed by atoms with E-state index in [0.29, 0.717) is 0 Å². The Balaban J connectivity index is 1.69. The molecular formula is C25H29N5. The fraction of sp³-hybridized carbons (Fsp3) is 0.240. The molecule has 0 spiro atoms. The highest BCUT2D eigenvalue weighted by atomic mass is 15.2. The normalized spacial score (nSPS) is 13.1. The second-order valence-electron chi connectivity index (χ2n) is 7.95. The Hall–Kier alpha value is -3.15. The molecule has 1 atom stereocenters. The Kier molecular flexibility index (Phi) is 6.12. The Morgan fingerprint density at radius 3 is 2.53 bits per heavy atom. The van der Waals surface area contributed by atoms with Crippen molar-refractivity contribution in [3.05, 3.63) is 89.4 Å². The quantitative estimate of drug-likeness (QED) is 0.454. The van der Waals surface area contributed by atoms with E-state index in [-0.39, 0.29) is 6.04 Å². The van der Waals surface area contributed by atoms with E-state index in [0.717, 1.165) is 29.7 Å². The Morgan fingerprint density at radius 1 is 0.933 bits per heavy atom. The zero-order valence-electron chi connectivity index (χ0n) is 17.8. The largest absolute Gasteiger partial charge is 0.367 e. The summed E-state index contributed by atoms with van der Waals surface area (Å²) in [6.45, 7) is 1.99. The lowest BCUT2D eigenvalue weighted by atomic mass is 9.94. The molecule has 30 heavy (non-hydrogen) atoms. The molecule has 0 saturated carbocycles. The number of benzene rings is 2. The van der Waals surface area contributed by atoms with Crippen LogP contribution in [0.2, 0.25) is 0 Å². The van der Waals surface area contributed by atoms with E-state index in [1.807, 2.05) is 18.3 Å². The van der Waals surface area contributed by atoms with Crippen LogP contribution in [0.4, 0.5) is 0 Å². The average molecular weight is 400 g/mol. The number of likely N-dealkylation sites (N-methyl/N-ethyl adjacent to an activating group) is 2. The molecule has 0 bridgehead atoms. The summed E-state index contributed by atoms with van der Waals surface area (Å²) in [7, 11) is 6.43. The minimum atomic E-state index is 0.174. The maximum Gasteiger partial charge on any atom is 0.0927 e. The van der Waals surface area contributed by atoms with Gasteiger partial charge in [0.15, 0.2) is 0 Å². The van der Waals surface area contributed by atoms with Crippen LogP contribution in [-0.2, 0) is 0 Å². The van der Waals surface area contributed by atoms with Gasteiger partial charge in [-0.15, -0.1) is 0 Å². The first-order chi connectivity index (χ1) is 14.6. The molecule has 0 amide bonds. The zero-order valence-corrected chi connectivity index (χ0v) is 17.8. The number of para-hydroxylation sites is 1. The minimum absolute atomic E-state index is 0.174. The van der Waals surface area contributed by atoms with Crippen molar-refractivity contribution in [1.82, 2.24) is 25.0 Å². The summed E-state index contributed by atoms with van der Waals surface area (Å²) in [6.07, 6.45) is 8.37. The summed E-state index contributed by atoms with van der Waals surface area (Å²) in [5, 5.41) is 8.73. The maximum absolute atomic E-state index is 4.49. The standard InChI is InChI=1S/C25H29N5/c1-29(2)16-17-30(3)25(20-14-15-26-18-20)21-9-5-4-8-19(21)12-13-24-22-10-6-7-11-23(22)27-28-24/h4-15,18,25-26H,16-17H2,1-3H3,(H,27,28)/b13-12+. The molecule has 154 valence electrons. The third kappa shape index (κ3) is 4.37. The zero-order chi connectivity index (χ0) is 20.9. The molecule has 0 aliphatic rings. The SMILES string of the molecule is CN(C)CCN(C)C(c1cc[nH]c1)c1ccccc1/C=C/c1n[nH]c2ccccc12. The van der Waals surface area contributed by atoms with Gasteiger partial charge in [0.1, 0.15) is 0 Å². The first-order valence-electron chi connectivity index (χ1n) is 10.3. The molecule has 0 saturated heterocycles. The molecule has 2 heterocycles. The lowest BCUT2D eigenvalue weighted by Gasteiger charge is -2.30. The summed E-state index contributed by atoms with van der Waals surface area (Å²) >= 11 is 0. The van der Waals surface area contributed by atoms with Crippen molar-refractivity contribution in [2.24, 2.45) is 0 Å². The second kappa shape index (κ2) is 9.11. The predicted octanol–water partition coefficient (Wildman–Crippen LogP) is 4.64. The summed E-state index contributed by atoms with van der Waals surface area (Å²) < 4.78 is 0. The van der Waals surface area contributed by atoms with E-state index < -0.39 is 0 Å². The van der Waals surface area contributed by atoms with Gasteiger partial charge in [0.25, 0.3) is 0 Å². The van der Waals surface area contributed by atoms with Crippen LogP contribution in [0.25, 0.3) is 23.1 Å². The van der Waals surface area contributed by atoms with Gasteiger partial charge in [0, 0.05) is 30.9 Å². The Morgan fingerprint density at radius 2 is 1.73 bits per heavy atom. The molecule has 4 aromatic rings. The van der Waals surface area contributed by atoms with Gasteiger partial charge in [0.2, 0.25) is 0 Å². The van der Waals surface area contributed by atoms with Gasteiger partial charge < -0.3 is 9.88 Å². The topological polar surface area (TPSA) is 50.9 Å². The van der Waals surface area contributed by atoms with Gasteiger partial charge in [0.05, 0.1) is 17.3 Å². The van der Waals surface area contributed by atoms with Crippen LogP contribution in [-0.4, -0.2) is 59.2 Å². The van der Waals surface area contributed by atoms with E-state index in [1.165, 1.54) is 16.7 Å². The van der Waals surface area contributed by atoms with E-state index in [2.05, 4.69) is 107 Å². The van der Waals surface area contributed by atoms with Gasteiger partial charge in [-0.2, -0.15) is 5.10 Å². The number of nitrogens with zero attached hydrogens (tertiary/aromatic N) is 3. The van der Waals surface area contributed by atoms with Crippen LogP contribution in [0, 0.1) is 0 Å². The van der Waals surface area contributed by atoms with Crippen LogP contribution < -0.4 is 0 Å². The first kappa shape index (κ1) is 20.1. The second-order valence-corrected chi connectivity index (χ2v) is 7.95. The van der Waals surface area contributed by atoms with Crippen molar-refractivity contribution < 1.29 is 0 Å². The molecule has 0 aliphatic heterocycles. The fourth-order valence-corrected chi connectivity index (χ4v) is 3.86. The van der Waals surface area contributed by atoms with Crippen molar-refractivity contribution >= 4 is 23.1 Å². The monoisotopic (exact) mass is 399 g/mol. The van der Waals surface area contributed by atoms with Crippen molar-refractivity contribution in [2.75, 3.05) is 34.2 Å². The number of H-pyrrole nitrogens is 2. The lowest BCUT2D eigenvalue weighted by Crippen LogP contribution is -2.32. The van der Waals surface area contributed by atoms with Gasteiger partial charge in [-0.3, -0.25) is 10.00 Å². The predicted molar refractivity (Wildman–Crippen MR) is 125 cm³/mol. The molecular weight excluding hydrogens is 370 g/mol. The molecule has 1 unspecified atom stereocenters. The van der Waals surface area contributed by atoms with Crippen molar-refractivity contribution in [3.63, 3.8) is 0 Å². The highest BCUT2D eigenvalue weighted by molar-refractivity contribution is 5.89. The van der Waals surface area contributed by atoms with E-state index in [9.17, 15) is 0 Å². The third-order valence-corrected chi connectivity index (χ3v) is 5.49. The van der Waals surface area contributed by atoms with Crippen molar-refractivity contribution in [1.29, 1.82) is 0 Å². The van der Waals surface area contributed by atoms with Crippen LogP contribution >= 0.6 is 0 Å². The first-order valence-corrected chi connectivity index (χ1v) is 10.3. The number of aromatic amines is 2. The number of hydrogen-bond donors (Lipinski definition) is 2. The van der Waals surface area contributed by atoms with Gasteiger partial charge in [-0.05, 0) is 56.0 Å². The van der Waals surface area contributed by atoms with E-state index >= 15 is 0 Å². The number of fused-ring (bicyclic) bond motifs is 1. The molecule has 2 aromatic carbocycles. The van der Waals surface area contributed by atoms with Crippen LogP contribution in [0.5, 0.6) is 0 Å². The van der Waals surface area contributed by atoms with Crippen molar-refractivity contribution in [2.45, 2.75) is 6.04 Å². The summed E-state index contributed by atoms with van der Waals surface area (Å²) in [5.74, 6) is 0. The molecule has 2 N–H and O–H groups in total. The fourth-order valence-electron chi connectivity index (χ4n) is 3.86. The molecule has 2 aromatic heterocycles. The lowest BCUT2D eigenvalue weighted by molar-refractivity contribution is 0.244. The average Bonchev–Trinajstić information content (AvgIpc) is 3.42. The maximum atomic E-state index is 4.49. The number of rotatable bonds is 8. The Labute approximate surface area is 178 Å². The molecule has 0 aliphatic carbocycles. The van der Waals surface area contributed by atoms with Crippen LogP contribution in [0.1, 0.15) is 28.4 Å².